The Morgan fingerprint density at radius 1 is 1.26 bits per heavy atom. The van der Waals surface area contributed by atoms with Gasteiger partial charge in [0.05, 0.1) is 5.88 Å². The molecule has 1 aromatic heterocycles. The van der Waals surface area contributed by atoms with E-state index >= 15 is 0 Å². The summed E-state index contributed by atoms with van der Waals surface area (Å²) in [7, 11) is 0. The lowest BCUT2D eigenvalue weighted by Gasteiger charge is -2.30. The number of hydrogen-bond acceptors (Lipinski definition) is 2. The number of anilines is 1. The minimum Gasteiger partial charge on any atom is -0.351 e. The standard InChI is InChI=1S/C15H20ClFN2/c16-10-12-7-8-18-15(14(12)17)19-9-3-6-13(19)11-4-1-2-5-11/h7-8,11,13H,1-6,9-10H2. The second kappa shape index (κ2) is 5.66. The highest BCUT2D eigenvalue weighted by Gasteiger charge is 2.35. The van der Waals surface area contributed by atoms with Gasteiger partial charge in [0.2, 0.25) is 0 Å². The number of halogens is 2. The maximum Gasteiger partial charge on any atom is 0.170 e. The van der Waals surface area contributed by atoms with Gasteiger partial charge in [-0.3, -0.25) is 0 Å². The van der Waals surface area contributed by atoms with Crippen LogP contribution in [0.2, 0.25) is 0 Å². The molecule has 19 heavy (non-hydrogen) atoms. The Kier molecular flexibility index (Phi) is 3.92. The summed E-state index contributed by atoms with van der Waals surface area (Å²) in [5.41, 5.74) is 0.559. The van der Waals surface area contributed by atoms with Crippen LogP contribution in [0.3, 0.4) is 0 Å². The highest BCUT2D eigenvalue weighted by Crippen LogP contribution is 2.38. The van der Waals surface area contributed by atoms with Crippen LogP contribution in [0.15, 0.2) is 12.3 Å². The smallest absolute Gasteiger partial charge is 0.170 e. The molecule has 1 aliphatic carbocycles. The summed E-state index contributed by atoms with van der Waals surface area (Å²) in [6.07, 6.45) is 9.24. The number of aromatic nitrogens is 1. The molecule has 1 atom stereocenters. The van der Waals surface area contributed by atoms with Crippen molar-refractivity contribution in [2.75, 3.05) is 11.4 Å². The topological polar surface area (TPSA) is 16.1 Å². The van der Waals surface area contributed by atoms with Gasteiger partial charge in [-0.25, -0.2) is 9.37 Å². The first kappa shape index (κ1) is 13.2. The zero-order chi connectivity index (χ0) is 13.2. The maximum absolute atomic E-state index is 14.4. The minimum atomic E-state index is -0.220. The molecule has 2 aliphatic rings. The van der Waals surface area contributed by atoms with Crippen LogP contribution in [0.4, 0.5) is 10.2 Å². The molecule has 0 aromatic carbocycles. The molecule has 1 saturated heterocycles. The van der Waals surface area contributed by atoms with Gasteiger partial charge in [-0.1, -0.05) is 12.8 Å². The highest BCUT2D eigenvalue weighted by atomic mass is 35.5. The molecule has 0 radical (unpaired) electrons. The molecule has 0 bridgehead atoms. The van der Waals surface area contributed by atoms with Crippen molar-refractivity contribution in [3.8, 4) is 0 Å². The normalized spacial score (nSPS) is 24.3. The molecule has 2 fully saturated rings. The van der Waals surface area contributed by atoms with Gasteiger partial charge in [0.1, 0.15) is 0 Å². The molecule has 1 unspecified atom stereocenters. The summed E-state index contributed by atoms with van der Waals surface area (Å²) in [5.74, 6) is 1.24. The third kappa shape index (κ3) is 2.45. The molecule has 4 heteroatoms. The fraction of sp³-hybridized carbons (Fsp3) is 0.667. The Bertz CT molecular complexity index is 446. The molecule has 1 aliphatic heterocycles. The van der Waals surface area contributed by atoms with Crippen molar-refractivity contribution in [2.45, 2.75) is 50.4 Å². The van der Waals surface area contributed by atoms with Crippen molar-refractivity contribution >= 4 is 17.4 Å². The lowest BCUT2D eigenvalue weighted by molar-refractivity contribution is 0.425. The quantitative estimate of drug-likeness (QED) is 0.775. The van der Waals surface area contributed by atoms with Crippen LogP contribution in [-0.4, -0.2) is 17.6 Å². The van der Waals surface area contributed by atoms with E-state index in [0.717, 1.165) is 18.9 Å². The van der Waals surface area contributed by atoms with Crippen LogP contribution in [0.5, 0.6) is 0 Å². The molecule has 1 saturated carbocycles. The lowest BCUT2D eigenvalue weighted by Crippen LogP contribution is -2.36. The van der Waals surface area contributed by atoms with E-state index in [1.54, 1.807) is 12.3 Å². The van der Waals surface area contributed by atoms with Crippen LogP contribution >= 0.6 is 11.6 Å². The molecule has 3 rings (SSSR count). The molecule has 2 nitrogen and oxygen atoms in total. The van der Waals surface area contributed by atoms with Gasteiger partial charge in [-0.05, 0) is 37.7 Å². The van der Waals surface area contributed by atoms with E-state index in [4.69, 9.17) is 11.6 Å². The number of nitrogens with zero attached hydrogens (tertiary/aromatic N) is 2. The van der Waals surface area contributed by atoms with Gasteiger partial charge in [-0.15, -0.1) is 11.6 Å². The maximum atomic E-state index is 14.4. The molecule has 104 valence electrons. The molecule has 2 heterocycles. The van der Waals surface area contributed by atoms with Gasteiger partial charge in [-0.2, -0.15) is 0 Å². The average molecular weight is 283 g/mol. The van der Waals surface area contributed by atoms with Gasteiger partial charge >= 0.3 is 0 Å². The Labute approximate surface area is 119 Å². The van der Waals surface area contributed by atoms with Crippen molar-refractivity contribution in [3.63, 3.8) is 0 Å². The Morgan fingerprint density at radius 3 is 2.79 bits per heavy atom. The van der Waals surface area contributed by atoms with Gasteiger partial charge in [0.25, 0.3) is 0 Å². The highest BCUT2D eigenvalue weighted by molar-refractivity contribution is 6.17. The van der Waals surface area contributed by atoms with E-state index < -0.39 is 0 Å². The first-order valence-corrected chi connectivity index (χ1v) is 7.80. The van der Waals surface area contributed by atoms with Gasteiger partial charge < -0.3 is 4.90 Å². The summed E-state index contributed by atoms with van der Waals surface area (Å²) >= 11 is 5.79. The Morgan fingerprint density at radius 2 is 2.05 bits per heavy atom. The number of rotatable bonds is 3. The van der Waals surface area contributed by atoms with E-state index in [1.807, 2.05) is 0 Å². The first-order chi connectivity index (χ1) is 9.31. The van der Waals surface area contributed by atoms with Crippen molar-refractivity contribution < 1.29 is 4.39 Å². The largest absolute Gasteiger partial charge is 0.351 e. The summed E-state index contributed by atoms with van der Waals surface area (Å²) < 4.78 is 14.4. The van der Waals surface area contributed by atoms with Crippen molar-refractivity contribution in [3.05, 3.63) is 23.6 Å². The van der Waals surface area contributed by atoms with Crippen LogP contribution in [0.25, 0.3) is 0 Å². The third-order valence-corrected chi connectivity index (χ3v) is 4.90. The van der Waals surface area contributed by atoms with E-state index in [9.17, 15) is 4.39 Å². The van der Waals surface area contributed by atoms with E-state index in [-0.39, 0.29) is 11.7 Å². The Balaban J connectivity index is 1.87. The Hall–Kier alpha value is -0.830. The van der Waals surface area contributed by atoms with E-state index in [0.29, 0.717) is 17.4 Å². The fourth-order valence-electron chi connectivity index (χ4n) is 3.66. The predicted molar refractivity (Wildman–Crippen MR) is 76.1 cm³/mol. The lowest BCUT2D eigenvalue weighted by atomic mass is 9.96. The zero-order valence-electron chi connectivity index (χ0n) is 11.1. The van der Waals surface area contributed by atoms with Crippen LogP contribution < -0.4 is 4.90 Å². The van der Waals surface area contributed by atoms with Crippen LogP contribution in [0, 0.1) is 11.7 Å². The monoisotopic (exact) mass is 282 g/mol. The number of hydrogen-bond donors (Lipinski definition) is 0. The van der Waals surface area contributed by atoms with E-state index in [2.05, 4.69) is 9.88 Å². The van der Waals surface area contributed by atoms with Crippen molar-refractivity contribution in [1.82, 2.24) is 4.98 Å². The molecule has 0 amide bonds. The minimum absolute atomic E-state index is 0.212. The molecular formula is C15H20ClFN2. The van der Waals surface area contributed by atoms with Gasteiger partial charge in [0, 0.05) is 24.3 Å². The molecule has 0 spiro atoms. The van der Waals surface area contributed by atoms with Crippen LogP contribution in [0.1, 0.15) is 44.1 Å². The fourth-order valence-corrected chi connectivity index (χ4v) is 3.87. The predicted octanol–water partition coefficient (Wildman–Crippen LogP) is 4.12. The average Bonchev–Trinajstić information content (AvgIpc) is 3.09. The number of alkyl halides is 1. The second-order valence-corrected chi connectivity index (χ2v) is 5.96. The van der Waals surface area contributed by atoms with Gasteiger partial charge in [0.15, 0.2) is 11.6 Å². The van der Waals surface area contributed by atoms with Crippen molar-refractivity contribution in [1.29, 1.82) is 0 Å². The summed E-state index contributed by atoms with van der Waals surface area (Å²) in [6, 6.07) is 2.15. The third-order valence-electron chi connectivity index (χ3n) is 4.61. The van der Waals surface area contributed by atoms with E-state index in [1.165, 1.54) is 32.1 Å². The molecular weight excluding hydrogens is 263 g/mol. The van der Waals surface area contributed by atoms with Crippen molar-refractivity contribution in [2.24, 2.45) is 5.92 Å². The molecule has 1 aromatic rings. The SMILES string of the molecule is Fc1c(CCl)ccnc1N1CCCC1C1CCCC1. The summed E-state index contributed by atoms with van der Waals surface area (Å²) in [5, 5.41) is 0. The summed E-state index contributed by atoms with van der Waals surface area (Å²) in [4.78, 5) is 6.48. The van der Waals surface area contributed by atoms with Crippen LogP contribution in [-0.2, 0) is 5.88 Å². The summed E-state index contributed by atoms with van der Waals surface area (Å²) in [6.45, 7) is 0.927. The zero-order valence-corrected chi connectivity index (χ0v) is 11.9. The first-order valence-electron chi connectivity index (χ1n) is 7.27. The number of pyridine rings is 1. The second-order valence-electron chi connectivity index (χ2n) is 5.69. The molecule has 0 N–H and O–H groups in total.